The average molecular weight is 312 g/mol. The predicted octanol–water partition coefficient (Wildman–Crippen LogP) is 3.73. The molecule has 0 radical (unpaired) electrons. The molecule has 2 rings (SSSR count). The number of thiazole rings is 1. The molecule has 1 aromatic heterocycles. The van der Waals surface area contributed by atoms with Gasteiger partial charge in [0.25, 0.3) is 0 Å². The van der Waals surface area contributed by atoms with Crippen LogP contribution in [-0.2, 0) is 17.9 Å². The van der Waals surface area contributed by atoms with Crippen molar-refractivity contribution in [2.24, 2.45) is 0 Å². The van der Waals surface area contributed by atoms with E-state index < -0.39 is 11.6 Å². The maximum Gasteiger partial charge on any atom is 0.126 e. The fourth-order valence-electron chi connectivity index (χ4n) is 1.87. The van der Waals surface area contributed by atoms with E-state index in [1.807, 2.05) is 0 Å². The Morgan fingerprint density at radius 3 is 2.48 bits per heavy atom. The molecule has 0 saturated carbocycles. The zero-order valence-electron chi connectivity index (χ0n) is 12.2. The van der Waals surface area contributed by atoms with E-state index in [1.54, 1.807) is 7.11 Å². The predicted molar refractivity (Wildman–Crippen MR) is 80.2 cm³/mol. The van der Waals surface area contributed by atoms with Gasteiger partial charge in [0.1, 0.15) is 16.6 Å². The number of halogens is 2. The van der Waals surface area contributed by atoms with Crippen LogP contribution in [0, 0.1) is 11.6 Å². The summed E-state index contributed by atoms with van der Waals surface area (Å²) in [5.74, 6) is -1.20. The van der Waals surface area contributed by atoms with Gasteiger partial charge >= 0.3 is 0 Å². The van der Waals surface area contributed by atoms with Crippen molar-refractivity contribution in [1.29, 1.82) is 0 Å². The van der Waals surface area contributed by atoms with Crippen molar-refractivity contribution in [2.45, 2.75) is 33.0 Å². The summed E-state index contributed by atoms with van der Waals surface area (Å²) < 4.78 is 31.8. The highest BCUT2D eigenvalue weighted by molar-refractivity contribution is 7.15. The van der Waals surface area contributed by atoms with Gasteiger partial charge in [0.05, 0.1) is 12.3 Å². The van der Waals surface area contributed by atoms with Gasteiger partial charge in [-0.15, -0.1) is 11.3 Å². The van der Waals surface area contributed by atoms with E-state index in [9.17, 15) is 8.78 Å². The number of nitrogens with zero attached hydrogens (tertiary/aromatic N) is 1. The molecule has 0 unspecified atom stereocenters. The number of benzene rings is 1. The summed E-state index contributed by atoms with van der Waals surface area (Å²) >= 11 is 1.42. The van der Waals surface area contributed by atoms with Gasteiger partial charge in [0.2, 0.25) is 0 Å². The minimum Gasteiger partial charge on any atom is -0.378 e. The molecule has 1 aromatic carbocycles. The molecular weight excluding hydrogens is 294 g/mol. The Balaban J connectivity index is 2.33. The molecule has 2 aromatic rings. The molecule has 0 atom stereocenters. The van der Waals surface area contributed by atoms with Crippen molar-refractivity contribution in [3.8, 4) is 10.6 Å². The van der Waals surface area contributed by atoms with Crippen LogP contribution in [0.2, 0.25) is 0 Å². The normalized spacial score (nSPS) is 11.3. The molecule has 0 aliphatic rings. The van der Waals surface area contributed by atoms with Crippen LogP contribution in [0.15, 0.2) is 18.2 Å². The van der Waals surface area contributed by atoms with E-state index in [4.69, 9.17) is 4.74 Å². The second-order valence-corrected chi connectivity index (χ2v) is 6.10. The zero-order chi connectivity index (χ0) is 15.4. The SMILES string of the molecule is COCc1nc(-c2cc(F)cc(F)c2)sc1CNC(C)C. The molecule has 0 amide bonds. The summed E-state index contributed by atoms with van der Waals surface area (Å²) in [7, 11) is 1.60. The molecule has 3 nitrogen and oxygen atoms in total. The van der Waals surface area contributed by atoms with Gasteiger partial charge in [-0.25, -0.2) is 13.8 Å². The summed E-state index contributed by atoms with van der Waals surface area (Å²) in [4.78, 5) is 5.47. The van der Waals surface area contributed by atoms with Crippen LogP contribution in [0.25, 0.3) is 10.6 Å². The number of nitrogens with one attached hydrogen (secondary N) is 1. The second kappa shape index (κ2) is 7.06. The molecule has 0 aliphatic carbocycles. The van der Waals surface area contributed by atoms with Crippen LogP contribution >= 0.6 is 11.3 Å². The minimum absolute atomic E-state index is 0.345. The first-order chi connectivity index (χ1) is 9.99. The van der Waals surface area contributed by atoms with Crippen LogP contribution in [0.4, 0.5) is 8.78 Å². The smallest absolute Gasteiger partial charge is 0.126 e. The largest absolute Gasteiger partial charge is 0.378 e. The maximum atomic E-state index is 13.3. The third-order valence-corrected chi connectivity index (χ3v) is 3.99. The number of ether oxygens (including phenoxy) is 1. The zero-order valence-corrected chi connectivity index (χ0v) is 13.1. The van der Waals surface area contributed by atoms with E-state index in [2.05, 4.69) is 24.1 Å². The summed E-state index contributed by atoms with van der Waals surface area (Å²) in [6, 6.07) is 3.78. The summed E-state index contributed by atoms with van der Waals surface area (Å²) in [5, 5.41) is 3.91. The Kier molecular flexibility index (Phi) is 5.39. The molecular formula is C15H18F2N2OS. The molecule has 114 valence electrons. The van der Waals surface area contributed by atoms with Crippen molar-refractivity contribution < 1.29 is 13.5 Å². The molecule has 0 bridgehead atoms. The molecule has 6 heteroatoms. The van der Waals surface area contributed by atoms with Crippen LogP contribution in [0.1, 0.15) is 24.4 Å². The Bertz CT molecular complexity index is 593. The van der Waals surface area contributed by atoms with Crippen LogP contribution < -0.4 is 5.32 Å². The molecule has 0 aliphatic heterocycles. The highest BCUT2D eigenvalue weighted by Gasteiger charge is 2.14. The number of hydrogen-bond donors (Lipinski definition) is 1. The first-order valence-corrected chi connectivity index (χ1v) is 7.48. The standard InChI is InChI=1S/C15H18F2N2OS/c1-9(2)18-7-14-13(8-20-3)19-15(21-14)10-4-11(16)6-12(17)5-10/h4-6,9,18H,7-8H2,1-3H3. The lowest BCUT2D eigenvalue weighted by atomic mass is 10.2. The molecule has 21 heavy (non-hydrogen) atoms. The van der Waals surface area contributed by atoms with E-state index >= 15 is 0 Å². The van der Waals surface area contributed by atoms with Gasteiger partial charge in [-0.05, 0) is 12.1 Å². The summed E-state index contributed by atoms with van der Waals surface area (Å²) in [5.41, 5.74) is 1.25. The van der Waals surface area contributed by atoms with Gasteiger partial charge in [0, 0.05) is 36.2 Å². The maximum absolute atomic E-state index is 13.3. The van der Waals surface area contributed by atoms with E-state index in [-0.39, 0.29) is 0 Å². The van der Waals surface area contributed by atoms with E-state index in [0.717, 1.165) is 16.6 Å². The summed E-state index contributed by atoms with van der Waals surface area (Å²) in [6.45, 7) is 5.15. The quantitative estimate of drug-likeness (QED) is 0.882. The number of rotatable bonds is 6. The van der Waals surface area contributed by atoms with Crippen LogP contribution in [-0.4, -0.2) is 18.1 Å². The second-order valence-electron chi connectivity index (χ2n) is 5.02. The highest BCUT2D eigenvalue weighted by Crippen LogP contribution is 2.29. The van der Waals surface area contributed by atoms with Crippen molar-refractivity contribution in [2.75, 3.05) is 7.11 Å². The van der Waals surface area contributed by atoms with Crippen molar-refractivity contribution >= 4 is 11.3 Å². The Morgan fingerprint density at radius 1 is 1.24 bits per heavy atom. The van der Waals surface area contributed by atoms with E-state index in [1.165, 1.54) is 23.5 Å². The van der Waals surface area contributed by atoms with Crippen molar-refractivity contribution in [3.05, 3.63) is 40.4 Å². The molecule has 0 spiro atoms. The first-order valence-electron chi connectivity index (χ1n) is 6.67. The molecule has 1 N–H and O–H groups in total. The lowest BCUT2D eigenvalue weighted by Gasteiger charge is -2.07. The van der Waals surface area contributed by atoms with Crippen LogP contribution in [0.5, 0.6) is 0 Å². The third-order valence-electron chi connectivity index (χ3n) is 2.84. The lowest BCUT2D eigenvalue weighted by Crippen LogP contribution is -2.21. The Hall–Kier alpha value is -1.37. The average Bonchev–Trinajstić information content (AvgIpc) is 2.79. The molecule has 0 saturated heterocycles. The topological polar surface area (TPSA) is 34.1 Å². The fourth-order valence-corrected chi connectivity index (χ4v) is 2.87. The lowest BCUT2D eigenvalue weighted by molar-refractivity contribution is 0.181. The molecule has 1 heterocycles. The van der Waals surface area contributed by atoms with E-state index in [0.29, 0.717) is 29.8 Å². The van der Waals surface area contributed by atoms with Gasteiger partial charge in [0.15, 0.2) is 0 Å². The van der Waals surface area contributed by atoms with Crippen molar-refractivity contribution in [1.82, 2.24) is 10.3 Å². The Labute approximate surface area is 127 Å². The fraction of sp³-hybridized carbons (Fsp3) is 0.400. The van der Waals surface area contributed by atoms with Gasteiger partial charge in [-0.3, -0.25) is 0 Å². The summed E-state index contributed by atoms with van der Waals surface area (Å²) in [6.07, 6.45) is 0. The Morgan fingerprint density at radius 2 is 1.90 bits per heavy atom. The van der Waals surface area contributed by atoms with Crippen molar-refractivity contribution in [3.63, 3.8) is 0 Å². The third kappa shape index (κ3) is 4.30. The molecule has 0 fully saturated rings. The van der Waals surface area contributed by atoms with Crippen LogP contribution in [0.3, 0.4) is 0 Å². The minimum atomic E-state index is -0.602. The number of aromatic nitrogens is 1. The first kappa shape index (κ1) is 16.0. The van der Waals surface area contributed by atoms with Gasteiger partial charge in [-0.1, -0.05) is 13.8 Å². The number of methoxy groups -OCH3 is 1. The van der Waals surface area contributed by atoms with Gasteiger partial charge < -0.3 is 10.1 Å². The monoisotopic (exact) mass is 312 g/mol. The van der Waals surface area contributed by atoms with Gasteiger partial charge in [-0.2, -0.15) is 0 Å². The highest BCUT2D eigenvalue weighted by atomic mass is 32.1. The number of hydrogen-bond acceptors (Lipinski definition) is 4.